The molecule has 0 bridgehead atoms. The molecule has 6 heteroatoms. The number of fused-ring (bicyclic) bond motifs is 3. The first-order chi connectivity index (χ1) is 20.8. The Hall–Kier alpha value is -3.12. The number of aromatic nitrogens is 2. The van der Waals surface area contributed by atoms with E-state index in [2.05, 4.69) is 66.6 Å². The molecule has 0 unspecified atom stereocenters. The summed E-state index contributed by atoms with van der Waals surface area (Å²) in [6.45, 7) is 8.24. The van der Waals surface area contributed by atoms with Gasteiger partial charge in [0, 0.05) is 39.1 Å². The molecule has 0 fully saturated rings. The summed E-state index contributed by atoms with van der Waals surface area (Å²) in [5, 5.41) is 1.76. The van der Waals surface area contributed by atoms with Crippen LogP contribution in [0.25, 0.3) is 44.5 Å². The van der Waals surface area contributed by atoms with Crippen molar-refractivity contribution in [2.24, 2.45) is 5.92 Å². The van der Waals surface area contributed by atoms with Crippen molar-refractivity contribution in [3.8, 4) is 22.5 Å². The SMILES string of the molecule is CC(C)Cc1cc(-c2[c-]cccc2)nc[c]1[Ge]([CH3])([CH3])[CH3].[2H]C(C)(C)c1ccnc(-c2[c-]ccc3c2oc2cc(F)ccc23)c1.[Ir]. The van der Waals surface area contributed by atoms with Crippen molar-refractivity contribution in [3.05, 3.63) is 114 Å². The van der Waals surface area contributed by atoms with E-state index in [4.69, 9.17) is 10.8 Å². The van der Waals surface area contributed by atoms with E-state index in [9.17, 15) is 4.39 Å². The Kier molecular flexibility index (Phi) is 10.5. The molecule has 0 saturated heterocycles. The third-order valence-electron chi connectivity index (χ3n) is 7.40. The topological polar surface area (TPSA) is 38.9 Å². The van der Waals surface area contributed by atoms with Gasteiger partial charge in [0.1, 0.15) is 11.4 Å². The molecule has 0 saturated carbocycles. The van der Waals surface area contributed by atoms with E-state index >= 15 is 0 Å². The van der Waals surface area contributed by atoms with Gasteiger partial charge >= 0.3 is 126 Å². The summed E-state index contributed by atoms with van der Waals surface area (Å²) < 4.78 is 29.1. The zero-order valence-corrected chi connectivity index (χ0v) is 30.9. The molecule has 44 heavy (non-hydrogen) atoms. The van der Waals surface area contributed by atoms with Gasteiger partial charge in [-0.25, -0.2) is 4.39 Å². The van der Waals surface area contributed by atoms with Crippen molar-refractivity contribution in [3.63, 3.8) is 0 Å². The third-order valence-corrected chi connectivity index (χ3v) is 11.7. The summed E-state index contributed by atoms with van der Waals surface area (Å²) in [5.41, 5.74) is 7.04. The summed E-state index contributed by atoms with van der Waals surface area (Å²) in [6.07, 6.45) is 4.96. The Morgan fingerprint density at radius 3 is 2.36 bits per heavy atom. The van der Waals surface area contributed by atoms with Crippen LogP contribution in [-0.2, 0) is 26.5 Å². The second-order valence-corrected chi connectivity index (χ2v) is 23.2. The van der Waals surface area contributed by atoms with E-state index in [0.717, 1.165) is 39.6 Å². The van der Waals surface area contributed by atoms with Gasteiger partial charge in [-0.15, -0.1) is 18.2 Å². The van der Waals surface area contributed by atoms with Gasteiger partial charge in [0.15, 0.2) is 0 Å². The molecule has 1 radical (unpaired) electrons. The van der Waals surface area contributed by atoms with Crippen LogP contribution in [0, 0.1) is 23.9 Å². The number of hydrogen-bond acceptors (Lipinski definition) is 3. The van der Waals surface area contributed by atoms with Crippen LogP contribution < -0.4 is 4.40 Å². The number of pyridine rings is 2. The molecule has 0 N–H and O–H groups in total. The number of rotatable bonds is 6. The zero-order valence-electron chi connectivity index (χ0n) is 27.4. The van der Waals surface area contributed by atoms with Crippen LogP contribution in [0.5, 0.6) is 0 Å². The molecular weight excluding hydrogens is 784 g/mol. The smallest absolute Gasteiger partial charge is 0.126 e. The molecule has 0 amide bonds. The molecule has 3 heterocycles. The molecule has 0 aliphatic rings. The largest absolute Gasteiger partial charge is 0.500 e. The third kappa shape index (κ3) is 7.74. The molecule has 3 aromatic carbocycles. The minimum absolute atomic E-state index is 0. The van der Waals surface area contributed by atoms with E-state index in [0.29, 0.717) is 22.8 Å². The van der Waals surface area contributed by atoms with Crippen LogP contribution >= 0.6 is 0 Å². The maximum Gasteiger partial charge on any atom is 0.126 e. The Morgan fingerprint density at radius 1 is 0.886 bits per heavy atom. The minimum Gasteiger partial charge on any atom is -0.500 e. The Balaban J connectivity index is 0.000000204. The van der Waals surface area contributed by atoms with Crippen LogP contribution in [0.2, 0.25) is 17.3 Å². The first kappa shape index (κ1) is 32.3. The monoisotopic (exact) mass is 826 g/mol. The molecule has 0 atom stereocenters. The second-order valence-electron chi connectivity index (χ2n) is 12.6. The van der Waals surface area contributed by atoms with Crippen molar-refractivity contribution in [1.82, 2.24) is 9.97 Å². The predicted molar refractivity (Wildman–Crippen MR) is 180 cm³/mol. The van der Waals surface area contributed by atoms with Gasteiger partial charge in [0.25, 0.3) is 0 Å². The fourth-order valence-corrected chi connectivity index (χ4v) is 8.60. The number of benzene rings is 3. The summed E-state index contributed by atoms with van der Waals surface area (Å²) >= 11 is -1.86. The van der Waals surface area contributed by atoms with Crippen molar-refractivity contribution in [1.29, 1.82) is 0 Å². The first-order valence-corrected chi connectivity index (χ1v) is 22.1. The standard InChI is InChI=1S/C20H15FNO.C18H24GeN.Ir/c1-12(2)13-8-9-22-18(10-13)17-5-3-4-16-15-7-6-14(21)11-19(15)23-20(16)17;1-14(2)11-16-12-18(15-9-7-6-8-10-15)20-13-17(16)19(3,4)5;/h3-4,6-12H,1-2H3;6-9,12-14H,11H2,1-5H3;/q2*-1;/i12D;;. The van der Waals surface area contributed by atoms with Gasteiger partial charge in [-0.2, -0.15) is 0 Å². The van der Waals surface area contributed by atoms with E-state index in [1.54, 1.807) is 16.7 Å². The molecule has 3 aromatic heterocycles. The molecular formula is C38H39FGeIrN2O-2. The zero-order chi connectivity index (χ0) is 31.6. The minimum atomic E-state index is -1.86. The molecule has 6 aromatic rings. The molecule has 3 nitrogen and oxygen atoms in total. The van der Waals surface area contributed by atoms with Crippen molar-refractivity contribution in [2.75, 3.05) is 0 Å². The average Bonchev–Trinajstić information content (AvgIpc) is 3.34. The summed E-state index contributed by atoms with van der Waals surface area (Å²) in [4.78, 5) is 9.11. The van der Waals surface area contributed by atoms with Crippen LogP contribution in [0.3, 0.4) is 0 Å². The maximum atomic E-state index is 13.5. The second kappa shape index (κ2) is 14.3. The molecule has 0 aliphatic heterocycles. The number of furan rings is 1. The summed E-state index contributed by atoms with van der Waals surface area (Å²) in [5.74, 6) is 6.94. The quantitative estimate of drug-likeness (QED) is 0.124. The Bertz CT molecular complexity index is 1910. The van der Waals surface area contributed by atoms with Crippen LogP contribution in [0.1, 0.15) is 46.1 Å². The van der Waals surface area contributed by atoms with E-state index in [-0.39, 0.29) is 25.9 Å². The maximum absolute atomic E-state index is 13.5. The Morgan fingerprint density at radius 2 is 1.68 bits per heavy atom. The van der Waals surface area contributed by atoms with Gasteiger partial charge in [0.2, 0.25) is 0 Å². The first-order valence-electron chi connectivity index (χ1n) is 15.3. The van der Waals surface area contributed by atoms with Gasteiger partial charge in [-0.05, 0) is 29.8 Å². The van der Waals surface area contributed by atoms with E-state index < -0.39 is 19.2 Å². The molecule has 6 rings (SSSR count). The molecule has 0 aliphatic carbocycles. The van der Waals surface area contributed by atoms with E-state index in [1.807, 2.05) is 56.3 Å². The predicted octanol–water partition coefficient (Wildman–Crippen LogP) is 10.0. The molecule has 0 spiro atoms. The van der Waals surface area contributed by atoms with Crippen molar-refractivity contribution < 1.29 is 30.3 Å². The fraction of sp³-hybridized carbons (Fsp3) is 0.263. The summed E-state index contributed by atoms with van der Waals surface area (Å²) in [7, 11) is 0. The van der Waals surface area contributed by atoms with Crippen molar-refractivity contribution >= 4 is 39.6 Å². The van der Waals surface area contributed by atoms with Crippen molar-refractivity contribution in [2.45, 2.75) is 57.3 Å². The number of hydrogen-bond donors (Lipinski definition) is 0. The number of halogens is 1. The average molecular weight is 825 g/mol. The van der Waals surface area contributed by atoms with E-state index in [1.165, 1.54) is 17.7 Å². The van der Waals surface area contributed by atoms with Gasteiger partial charge in [-0.1, -0.05) is 36.4 Å². The van der Waals surface area contributed by atoms with Crippen LogP contribution in [0.15, 0.2) is 89.6 Å². The molecule has 229 valence electrons. The normalized spacial score (nSPS) is 12.1. The van der Waals surface area contributed by atoms with Gasteiger partial charge in [-0.3, -0.25) is 0 Å². The van der Waals surface area contributed by atoms with Crippen LogP contribution in [0.4, 0.5) is 4.39 Å². The fourth-order valence-electron chi connectivity index (χ4n) is 5.26. The van der Waals surface area contributed by atoms with Gasteiger partial charge in [0.05, 0.1) is 5.58 Å². The van der Waals surface area contributed by atoms with Gasteiger partial charge < -0.3 is 9.40 Å². The van der Waals surface area contributed by atoms with Crippen LogP contribution in [-0.4, -0.2) is 23.2 Å². The Labute approximate surface area is 278 Å². The number of nitrogens with zero attached hydrogens (tertiary/aromatic N) is 2. The summed E-state index contributed by atoms with van der Waals surface area (Å²) in [6, 6.07) is 28.8.